The zero-order valence-corrected chi connectivity index (χ0v) is 12.0. The maximum absolute atomic E-state index is 11.9. The van der Waals surface area contributed by atoms with Gasteiger partial charge in [-0.05, 0) is 36.8 Å². The van der Waals surface area contributed by atoms with Crippen molar-refractivity contribution >= 4 is 11.6 Å². The van der Waals surface area contributed by atoms with Crippen LogP contribution in [0.15, 0.2) is 36.7 Å². The molecule has 1 aromatic heterocycles. The molecule has 1 aromatic carbocycles. The smallest absolute Gasteiger partial charge is 0.226 e. The van der Waals surface area contributed by atoms with Crippen LogP contribution in [0.2, 0.25) is 0 Å². The number of carbonyl (C=O) groups is 1. The molecule has 0 bridgehead atoms. The molecule has 5 nitrogen and oxygen atoms in total. The summed E-state index contributed by atoms with van der Waals surface area (Å²) in [6.07, 6.45) is 3.90. The molecule has 2 aromatic rings. The van der Waals surface area contributed by atoms with Gasteiger partial charge in [-0.3, -0.25) is 9.48 Å². The van der Waals surface area contributed by atoms with Gasteiger partial charge in [0, 0.05) is 36.6 Å². The number of amides is 1. The predicted octanol–water partition coefficient (Wildman–Crippen LogP) is 1.53. The summed E-state index contributed by atoms with van der Waals surface area (Å²) in [5.41, 5.74) is 8.01. The summed E-state index contributed by atoms with van der Waals surface area (Å²) in [4.78, 5) is 11.9. The number of aryl methyl sites for hydroxylation is 2. The first kappa shape index (κ1) is 14.8. The molecular weight excluding hydrogens is 264 g/mol. The molecule has 0 unspecified atom stereocenters. The second kappa shape index (κ2) is 7.27. The van der Waals surface area contributed by atoms with E-state index in [0.29, 0.717) is 19.5 Å². The van der Waals surface area contributed by atoms with Crippen molar-refractivity contribution in [2.24, 2.45) is 5.73 Å². The van der Waals surface area contributed by atoms with Crippen LogP contribution in [0.1, 0.15) is 17.5 Å². The Morgan fingerprint density at radius 1 is 1.43 bits per heavy atom. The second-order valence-electron chi connectivity index (χ2n) is 4.66. The third kappa shape index (κ3) is 4.79. The number of aromatic nitrogens is 2. The zero-order valence-electron chi connectivity index (χ0n) is 12.0. The van der Waals surface area contributed by atoms with Gasteiger partial charge in [0.2, 0.25) is 5.91 Å². The van der Waals surface area contributed by atoms with Gasteiger partial charge in [-0.25, -0.2) is 0 Å². The van der Waals surface area contributed by atoms with Crippen LogP contribution in [0, 0.1) is 18.8 Å². The summed E-state index contributed by atoms with van der Waals surface area (Å²) in [6.45, 7) is 2.84. The number of hydrogen-bond donors (Lipinski definition) is 2. The molecule has 0 spiro atoms. The average molecular weight is 282 g/mol. The number of benzene rings is 1. The Labute approximate surface area is 124 Å². The molecule has 21 heavy (non-hydrogen) atoms. The number of carbonyl (C=O) groups excluding carboxylic acids is 1. The quantitative estimate of drug-likeness (QED) is 0.835. The minimum Gasteiger partial charge on any atom is -0.326 e. The van der Waals surface area contributed by atoms with Gasteiger partial charge >= 0.3 is 0 Å². The minimum absolute atomic E-state index is 0.0474. The summed E-state index contributed by atoms with van der Waals surface area (Å²) < 4.78 is 1.73. The van der Waals surface area contributed by atoms with Crippen LogP contribution in [0.25, 0.3) is 0 Å². The van der Waals surface area contributed by atoms with E-state index in [0.717, 1.165) is 16.8 Å². The van der Waals surface area contributed by atoms with Crippen molar-refractivity contribution in [3.63, 3.8) is 0 Å². The van der Waals surface area contributed by atoms with Gasteiger partial charge in [0.1, 0.15) is 0 Å². The summed E-state index contributed by atoms with van der Waals surface area (Å²) in [6, 6.07) is 7.56. The Morgan fingerprint density at radius 3 is 3.00 bits per heavy atom. The molecular formula is C16H18N4O. The fourth-order valence-electron chi connectivity index (χ4n) is 1.95. The van der Waals surface area contributed by atoms with Crippen LogP contribution in [-0.4, -0.2) is 22.2 Å². The van der Waals surface area contributed by atoms with Crippen LogP contribution in [0.5, 0.6) is 0 Å². The maximum atomic E-state index is 11.9. The van der Waals surface area contributed by atoms with Crippen LogP contribution >= 0.6 is 0 Å². The van der Waals surface area contributed by atoms with E-state index in [4.69, 9.17) is 5.73 Å². The SMILES string of the molecule is Cc1cc(C#CCN)cc(NC(=O)CCn2cccn2)c1. The third-order valence-electron chi connectivity index (χ3n) is 2.82. The van der Waals surface area contributed by atoms with Gasteiger partial charge in [-0.1, -0.05) is 11.8 Å². The van der Waals surface area contributed by atoms with Crippen molar-refractivity contribution in [3.8, 4) is 11.8 Å². The van der Waals surface area contributed by atoms with Gasteiger partial charge in [-0.15, -0.1) is 0 Å². The van der Waals surface area contributed by atoms with Crippen LogP contribution in [0.4, 0.5) is 5.69 Å². The first-order chi connectivity index (χ1) is 10.2. The molecule has 0 saturated carbocycles. The fourth-order valence-corrected chi connectivity index (χ4v) is 1.95. The van der Waals surface area contributed by atoms with Gasteiger partial charge in [-0.2, -0.15) is 5.10 Å². The molecule has 108 valence electrons. The molecule has 2 rings (SSSR count). The van der Waals surface area contributed by atoms with Crippen molar-refractivity contribution < 1.29 is 4.79 Å². The summed E-state index contributed by atoms with van der Waals surface area (Å²) in [5, 5.41) is 6.95. The number of nitrogens with two attached hydrogens (primary N) is 1. The first-order valence-electron chi connectivity index (χ1n) is 6.75. The van der Waals surface area contributed by atoms with Crippen molar-refractivity contribution in [1.82, 2.24) is 9.78 Å². The van der Waals surface area contributed by atoms with Crippen molar-refractivity contribution in [2.75, 3.05) is 11.9 Å². The highest BCUT2D eigenvalue weighted by Gasteiger charge is 2.04. The van der Waals surface area contributed by atoms with E-state index in [1.165, 1.54) is 0 Å². The van der Waals surface area contributed by atoms with E-state index < -0.39 is 0 Å². The standard InChI is InChI=1S/C16H18N4O/c1-13-10-14(4-2-6-17)12-15(11-13)19-16(21)5-9-20-8-3-7-18-20/h3,7-8,10-12H,5-6,9,17H2,1H3,(H,19,21). The molecule has 1 amide bonds. The Balaban J connectivity index is 1.98. The lowest BCUT2D eigenvalue weighted by Crippen LogP contribution is -2.14. The largest absolute Gasteiger partial charge is 0.326 e. The molecule has 0 radical (unpaired) electrons. The minimum atomic E-state index is -0.0474. The van der Waals surface area contributed by atoms with Gasteiger partial charge < -0.3 is 11.1 Å². The Morgan fingerprint density at radius 2 is 2.29 bits per heavy atom. The lowest BCUT2D eigenvalue weighted by atomic mass is 10.1. The second-order valence-corrected chi connectivity index (χ2v) is 4.66. The Hall–Kier alpha value is -2.58. The van der Waals surface area contributed by atoms with Gasteiger partial charge in [0.15, 0.2) is 0 Å². The topological polar surface area (TPSA) is 72.9 Å². The van der Waals surface area contributed by atoms with Gasteiger partial charge in [0.05, 0.1) is 6.54 Å². The van der Waals surface area contributed by atoms with E-state index in [9.17, 15) is 4.79 Å². The summed E-state index contributed by atoms with van der Waals surface area (Å²) in [7, 11) is 0. The summed E-state index contributed by atoms with van der Waals surface area (Å²) in [5.74, 6) is 5.73. The van der Waals surface area contributed by atoms with Crippen molar-refractivity contribution in [1.29, 1.82) is 0 Å². The highest BCUT2D eigenvalue weighted by molar-refractivity contribution is 5.90. The highest BCUT2D eigenvalue weighted by atomic mass is 16.1. The Kier molecular flexibility index (Phi) is 5.13. The molecule has 0 atom stereocenters. The predicted molar refractivity (Wildman–Crippen MR) is 82.6 cm³/mol. The van der Waals surface area contributed by atoms with Crippen molar-refractivity contribution in [2.45, 2.75) is 19.9 Å². The molecule has 0 aliphatic rings. The van der Waals surface area contributed by atoms with E-state index in [-0.39, 0.29) is 5.91 Å². The lowest BCUT2D eigenvalue weighted by molar-refractivity contribution is -0.116. The van der Waals surface area contributed by atoms with Crippen LogP contribution in [-0.2, 0) is 11.3 Å². The maximum Gasteiger partial charge on any atom is 0.226 e. The molecule has 0 fully saturated rings. The van der Waals surface area contributed by atoms with Gasteiger partial charge in [0.25, 0.3) is 0 Å². The van der Waals surface area contributed by atoms with E-state index in [2.05, 4.69) is 22.3 Å². The molecule has 0 saturated heterocycles. The van der Waals surface area contributed by atoms with E-state index in [1.807, 2.05) is 37.4 Å². The molecule has 5 heteroatoms. The number of rotatable bonds is 4. The summed E-state index contributed by atoms with van der Waals surface area (Å²) >= 11 is 0. The van der Waals surface area contributed by atoms with Crippen LogP contribution in [0.3, 0.4) is 0 Å². The monoisotopic (exact) mass is 282 g/mol. The first-order valence-corrected chi connectivity index (χ1v) is 6.75. The zero-order chi connectivity index (χ0) is 15.1. The number of nitrogens with one attached hydrogen (secondary N) is 1. The lowest BCUT2D eigenvalue weighted by Gasteiger charge is -2.07. The molecule has 0 aliphatic heterocycles. The fraction of sp³-hybridized carbons (Fsp3) is 0.250. The molecule has 0 aliphatic carbocycles. The number of nitrogens with zero attached hydrogens (tertiary/aromatic N) is 2. The van der Waals surface area contributed by atoms with Crippen LogP contribution < -0.4 is 11.1 Å². The van der Waals surface area contributed by atoms with E-state index in [1.54, 1.807) is 10.9 Å². The highest BCUT2D eigenvalue weighted by Crippen LogP contribution is 2.14. The molecule has 3 N–H and O–H groups in total. The normalized spacial score (nSPS) is 9.81. The van der Waals surface area contributed by atoms with Crippen molar-refractivity contribution in [3.05, 3.63) is 47.8 Å². The Bertz CT molecular complexity index is 665. The number of anilines is 1. The third-order valence-corrected chi connectivity index (χ3v) is 2.82. The molecule has 1 heterocycles. The average Bonchev–Trinajstić information content (AvgIpc) is 2.95. The van der Waals surface area contributed by atoms with E-state index >= 15 is 0 Å². The number of hydrogen-bond acceptors (Lipinski definition) is 3.